The molecule has 0 aliphatic heterocycles. The van der Waals surface area contributed by atoms with Gasteiger partial charge in [-0.1, -0.05) is 26.3 Å². The zero-order chi connectivity index (χ0) is 17.5. The van der Waals surface area contributed by atoms with Crippen LogP contribution in [0.1, 0.15) is 61.3 Å². The number of carboxylic acid groups (broad SMARTS) is 1. The summed E-state index contributed by atoms with van der Waals surface area (Å²) < 4.78 is 6.03. The molecule has 0 aromatic rings. The van der Waals surface area contributed by atoms with E-state index in [1.165, 1.54) is 6.08 Å². The van der Waals surface area contributed by atoms with Crippen molar-refractivity contribution in [2.24, 2.45) is 5.41 Å². The molecule has 0 bridgehead atoms. The van der Waals surface area contributed by atoms with Crippen LogP contribution in [0.2, 0.25) is 0 Å². The first-order valence-electron chi connectivity index (χ1n) is 7.74. The van der Waals surface area contributed by atoms with Crippen LogP contribution in [0.5, 0.6) is 0 Å². The molecule has 22 heavy (non-hydrogen) atoms. The van der Waals surface area contributed by atoms with E-state index in [2.05, 4.69) is 0 Å². The van der Waals surface area contributed by atoms with Crippen LogP contribution in [0.4, 0.5) is 0 Å². The molecule has 0 saturated heterocycles. The Balaban J connectivity index is 4.92. The zero-order valence-corrected chi connectivity index (χ0v) is 14.9. The monoisotopic (exact) mass is 310 g/mol. The van der Waals surface area contributed by atoms with Crippen molar-refractivity contribution in [2.75, 3.05) is 0 Å². The molecule has 0 heterocycles. The number of carbonyl (C=O) groups excluding carboxylic acids is 1. The summed E-state index contributed by atoms with van der Waals surface area (Å²) in [6, 6.07) is 0. The average Bonchev–Trinajstić information content (AvgIpc) is 2.32. The van der Waals surface area contributed by atoms with Gasteiger partial charge in [-0.25, -0.2) is 4.79 Å². The molecule has 0 saturated carbocycles. The Kier molecular flexibility index (Phi) is 8.31. The van der Waals surface area contributed by atoms with Crippen molar-refractivity contribution in [2.45, 2.75) is 73.5 Å². The van der Waals surface area contributed by atoms with E-state index in [0.717, 1.165) is 5.57 Å². The maximum Gasteiger partial charge on any atom is 0.328 e. The van der Waals surface area contributed by atoms with Gasteiger partial charge in [-0.3, -0.25) is 4.79 Å². The molecular formula is C18H30O4. The van der Waals surface area contributed by atoms with Gasteiger partial charge in [0.15, 0.2) is 5.78 Å². The topological polar surface area (TPSA) is 63.6 Å². The van der Waals surface area contributed by atoms with Gasteiger partial charge >= 0.3 is 5.97 Å². The van der Waals surface area contributed by atoms with E-state index in [1.54, 1.807) is 13.0 Å². The fourth-order valence-electron chi connectivity index (χ4n) is 2.21. The van der Waals surface area contributed by atoms with Crippen LogP contribution in [-0.4, -0.2) is 29.1 Å². The number of ether oxygens (including phenoxy) is 1. The van der Waals surface area contributed by atoms with E-state index < -0.39 is 5.97 Å². The van der Waals surface area contributed by atoms with E-state index >= 15 is 0 Å². The summed E-state index contributed by atoms with van der Waals surface area (Å²) in [5.41, 5.74) is 1.36. The van der Waals surface area contributed by atoms with E-state index in [4.69, 9.17) is 9.84 Å². The number of aliphatic carboxylic acids is 1. The van der Waals surface area contributed by atoms with Crippen LogP contribution in [0, 0.1) is 5.41 Å². The van der Waals surface area contributed by atoms with Crippen molar-refractivity contribution in [3.05, 3.63) is 23.3 Å². The van der Waals surface area contributed by atoms with Crippen LogP contribution in [0.25, 0.3) is 0 Å². The minimum Gasteiger partial charge on any atom is -0.478 e. The third-order valence-corrected chi connectivity index (χ3v) is 3.78. The smallest absolute Gasteiger partial charge is 0.328 e. The minimum atomic E-state index is -0.967. The summed E-state index contributed by atoms with van der Waals surface area (Å²) in [6.45, 7) is 13.4. The Hall–Kier alpha value is -1.42. The quantitative estimate of drug-likeness (QED) is 0.650. The Morgan fingerprint density at radius 2 is 1.73 bits per heavy atom. The van der Waals surface area contributed by atoms with Gasteiger partial charge in [-0.15, -0.1) is 0 Å². The van der Waals surface area contributed by atoms with E-state index in [9.17, 15) is 9.59 Å². The van der Waals surface area contributed by atoms with Crippen LogP contribution < -0.4 is 0 Å². The highest BCUT2D eigenvalue weighted by atomic mass is 16.5. The molecule has 0 fully saturated rings. The predicted molar refractivity (Wildman–Crippen MR) is 88.9 cm³/mol. The third kappa shape index (κ3) is 7.55. The highest BCUT2D eigenvalue weighted by Crippen LogP contribution is 2.30. The molecule has 4 heteroatoms. The summed E-state index contributed by atoms with van der Waals surface area (Å²) >= 11 is 0. The van der Waals surface area contributed by atoms with Gasteiger partial charge in [0.1, 0.15) is 0 Å². The van der Waals surface area contributed by atoms with Crippen molar-refractivity contribution in [3.63, 3.8) is 0 Å². The normalized spacial score (nSPS) is 15.1. The first-order valence-corrected chi connectivity index (χ1v) is 7.74. The number of ketones is 1. The van der Waals surface area contributed by atoms with Crippen LogP contribution >= 0.6 is 0 Å². The number of hydrogen-bond donors (Lipinski definition) is 1. The summed E-state index contributed by atoms with van der Waals surface area (Å²) in [7, 11) is 0. The van der Waals surface area contributed by atoms with Gasteiger partial charge in [-0.2, -0.15) is 0 Å². The molecule has 0 spiro atoms. The number of hydrogen-bond acceptors (Lipinski definition) is 3. The average molecular weight is 310 g/mol. The number of carboxylic acids is 1. The SMILES string of the molecule is CC[C@@H](O[C@H](C)C(C)(C)CC(=O)C=C(C)C)/C(C)=C\C(=O)O. The second kappa shape index (κ2) is 8.89. The molecule has 1 N–H and O–H groups in total. The lowest BCUT2D eigenvalue weighted by Crippen LogP contribution is -2.35. The molecule has 0 aliphatic rings. The maximum absolute atomic E-state index is 12.0. The van der Waals surface area contributed by atoms with Gasteiger partial charge in [0.25, 0.3) is 0 Å². The van der Waals surface area contributed by atoms with Gasteiger partial charge in [0.05, 0.1) is 12.2 Å². The molecular weight excluding hydrogens is 280 g/mol. The van der Waals surface area contributed by atoms with Crippen molar-refractivity contribution >= 4 is 11.8 Å². The van der Waals surface area contributed by atoms with Gasteiger partial charge in [0.2, 0.25) is 0 Å². The van der Waals surface area contributed by atoms with Gasteiger partial charge < -0.3 is 9.84 Å². The van der Waals surface area contributed by atoms with Crippen molar-refractivity contribution in [3.8, 4) is 0 Å². The molecule has 0 aromatic carbocycles. The summed E-state index contributed by atoms with van der Waals surface area (Å²) in [6.07, 6.45) is 3.52. The van der Waals surface area contributed by atoms with E-state index in [1.807, 2.05) is 41.5 Å². The molecule has 0 radical (unpaired) electrons. The van der Waals surface area contributed by atoms with Crippen LogP contribution in [0.15, 0.2) is 23.3 Å². The second-order valence-corrected chi connectivity index (χ2v) is 6.76. The summed E-state index contributed by atoms with van der Waals surface area (Å²) in [4.78, 5) is 22.8. The molecule has 0 rings (SSSR count). The lowest BCUT2D eigenvalue weighted by atomic mass is 9.81. The Bertz CT molecular complexity index is 454. The van der Waals surface area contributed by atoms with Gasteiger partial charge in [-0.05, 0) is 51.2 Å². The minimum absolute atomic E-state index is 0.0892. The lowest BCUT2D eigenvalue weighted by molar-refractivity contribution is -0.131. The van der Waals surface area contributed by atoms with Crippen molar-refractivity contribution in [1.29, 1.82) is 0 Å². The Morgan fingerprint density at radius 3 is 2.14 bits per heavy atom. The van der Waals surface area contributed by atoms with Gasteiger partial charge in [0, 0.05) is 12.5 Å². The Labute approximate surface area is 134 Å². The number of allylic oxidation sites excluding steroid dienone is 2. The standard InChI is InChI=1S/C18H30O4/c1-8-16(13(4)10-17(20)21)22-14(5)18(6,7)11-15(19)9-12(2)3/h9-10,14,16H,8,11H2,1-7H3,(H,20,21)/b13-10-/t14-,16-/m1/s1. The first kappa shape index (κ1) is 20.6. The van der Waals surface area contributed by atoms with Crippen molar-refractivity contribution < 1.29 is 19.4 Å². The summed E-state index contributed by atoms with van der Waals surface area (Å²) in [5.74, 6) is -0.878. The van der Waals surface area contributed by atoms with E-state index in [0.29, 0.717) is 18.4 Å². The zero-order valence-electron chi connectivity index (χ0n) is 14.9. The maximum atomic E-state index is 12.0. The molecule has 0 unspecified atom stereocenters. The van der Waals surface area contributed by atoms with Crippen molar-refractivity contribution in [1.82, 2.24) is 0 Å². The van der Waals surface area contributed by atoms with Crippen LogP contribution in [-0.2, 0) is 14.3 Å². The lowest BCUT2D eigenvalue weighted by Gasteiger charge is -2.34. The highest BCUT2D eigenvalue weighted by molar-refractivity contribution is 5.90. The first-order chi connectivity index (χ1) is 9.99. The van der Waals surface area contributed by atoms with Crippen LogP contribution in [0.3, 0.4) is 0 Å². The Morgan fingerprint density at radius 1 is 1.18 bits per heavy atom. The molecule has 0 amide bonds. The number of rotatable bonds is 9. The predicted octanol–water partition coefficient (Wildman–Crippen LogP) is 4.15. The second-order valence-electron chi connectivity index (χ2n) is 6.76. The molecule has 0 aromatic heterocycles. The fraction of sp³-hybridized carbons (Fsp3) is 0.667. The molecule has 4 nitrogen and oxygen atoms in total. The molecule has 126 valence electrons. The third-order valence-electron chi connectivity index (χ3n) is 3.78. The molecule has 2 atom stereocenters. The van der Waals surface area contributed by atoms with E-state index in [-0.39, 0.29) is 23.4 Å². The molecule has 0 aliphatic carbocycles. The fourth-order valence-corrected chi connectivity index (χ4v) is 2.21. The largest absolute Gasteiger partial charge is 0.478 e. The highest BCUT2D eigenvalue weighted by Gasteiger charge is 2.30. The summed E-state index contributed by atoms with van der Waals surface area (Å²) in [5, 5.41) is 8.84. The number of carbonyl (C=O) groups is 2.